The van der Waals surface area contributed by atoms with E-state index in [-0.39, 0.29) is 17.5 Å². The Bertz CT molecular complexity index is 681. The van der Waals surface area contributed by atoms with E-state index in [0.717, 1.165) is 5.56 Å². The van der Waals surface area contributed by atoms with Crippen LogP contribution in [-0.2, 0) is 13.0 Å². The van der Waals surface area contributed by atoms with Gasteiger partial charge in [-0.2, -0.15) is 5.10 Å². The monoisotopic (exact) mass is 276 g/mol. The van der Waals surface area contributed by atoms with Crippen molar-refractivity contribution in [3.05, 3.63) is 47.0 Å². The molecule has 1 atom stereocenters. The number of hydrogen-bond donors (Lipinski definition) is 1. The van der Waals surface area contributed by atoms with Crippen LogP contribution in [0.2, 0.25) is 0 Å². The normalized spacial score (nSPS) is 16.8. The Morgan fingerprint density at radius 2 is 2.40 bits per heavy atom. The minimum atomic E-state index is -0.994. The number of ether oxygens (including phenoxy) is 1. The van der Waals surface area contributed by atoms with Gasteiger partial charge >= 0.3 is 5.97 Å². The number of carbonyl (C=O) groups is 1. The largest absolute Gasteiger partial charge is 0.488 e. The first-order chi connectivity index (χ1) is 9.52. The van der Waals surface area contributed by atoms with Crippen LogP contribution in [0, 0.1) is 12.7 Å². The van der Waals surface area contributed by atoms with Crippen molar-refractivity contribution in [1.82, 2.24) is 9.78 Å². The average Bonchev–Trinajstić information content (AvgIpc) is 2.92. The minimum Gasteiger partial charge on any atom is -0.488 e. The Balaban J connectivity index is 1.75. The van der Waals surface area contributed by atoms with Crippen molar-refractivity contribution in [2.45, 2.75) is 26.0 Å². The van der Waals surface area contributed by atoms with Gasteiger partial charge in [-0.05, 0) is 25.1 Å². The maximum absolute atomic E-state index is 13.1. The second-order valence-corrected chi connectivity index (χ2v) is 4.85. The van der Waals surface area contributed by atoms with Crippen LogP contribution in [0.1, 0.15) is 21.6 Å². The molecular formula is C14H13FN2O3. The van der Waals surface area contributed by atoms with Gasteiger partial charge in [0, 0.05) is 18.2 Å². The molecule has 2 heterocycles. The molecule has 2 aromatic rings. The number of carboxylic acids is 1. The third kappa shape index (κ3) is 2.24. The molecular weight excluding hydrogens is 263 g/mol. The van der Waals surface area contributed by atoms with Gasteiger partial charge in [0.2, 0.25) is 0 Å². The third-order valence-corrected chi connectivity index (χ3v) is 3.33. The Kier molecular flexibility index (Phi) is 2.93. The molecule has 1 unspecified atom stereocenters. The molecule has 1 N–H and O–H groups in total. The molecule has 5 nitrogen and oxygen atoms in total. The third-order valence-electron chi connectivity index (χ3n) is 3.33. The Labute approximate surface area is 114 Å². The van der Waals surface area contributed by atoms with E-state index in [2.05, 4.69) is 5.10 Å². The number of aryl methyl sites for hydroxylation is 1. The van der Waals surface area contributed by atoms with Gasteiger partial charge in [-0.3, -0.25) is 4.68 Å². The molecule has 3 rings (SSSR count). The number of carboxylic acid groups (broad SMARTS) is 1. The maximum atomic E-state index is 13.1. The first-order valence-corrected chi connectivity index (χ1v) is 6.25. The van der Waals surface area contributed by atoms with Crippen molar-refractivity contribution >= 4 is 5.97 Å². The zero-order valence-corrected chi connectivity index (χ0v) is 10.8. The quantitative estimate of drug-likeness (QED) is 0.931. The first kappa shape index (κ1) is 12.7. The predicted molar refractivity (Wildman–Crippen MR) is 68.4 cm³/mol. The van der Waals surface area contributed by atoms with Crippen LogP contribution < -0.4 is 4.74 Å². The van der Waals surface area contributed by atoms with Crippen LogP contribution in [0.5, 0.6) is 5.75 Å². The summed E-state index contributed by atoms with van der Waals surface area (Å²) in [6, 6.07) is 4.44. The molecule has 0 radical (unpaired) electrons. The van der Waals surface area contributed by atoms with E-state index >= 15 is 0 Å². The fourth-order valence-corrected chi connectivity index (χ4v) is 2.42. The second kappa shape index (κ2) is 4.63. The number of rotatable bonds is 3. The number of hydrogen-bond acceptors (Lipinski definition) is 3. The predicted octanol–water partition coefficient (Wildman–Crippen LogP) is 2.03. The summed E-state index contributed by atoms with van der Waals surface area (Å²) in [5.41, 5.74) is 1.49. The molecule has 0 fully saturated rings. The van der Waals surface area contributed by atoms with Crippen molar-refractivity contribution in [3.8, 4) is 5.75 Å². The van der Waals surface area contributed by atoms with Gasteiger partial charge in [0.1, 0.15) is 23.2 Å². The van der Waals surface area contributed by atoms with Gasteiger partial charge in [0.05, 0.1) is 12.2 Å². The molecule has 0 amide bonds. The van der Waals surface area contributed by atoms with E-state index in [1.165, 1.54) is 18.3 Å². The van der Waals surface area contributed by atoms with Gasteiger partial charge in [0.25, 0.3) is 0 Å². The Morgan fingerprint density at radius 3 is 3.10 bits per heavy atom. The first-order valence-electron chi connectivity index (χ1n) is 6.25. The number of aromatic nitrogens is 2. The summed E-state index contributed by atoms with van der Waals surface area (Å²) < 4.78 is 20.4. The van der Waals surface area contributed by atoms with Crippen molar-refractivity contribution in [3.63, 3.8) is 0 Å². The summed E-state index contributed by atoms with van der Waals surface area (Å²) in [7, 11) is 0. The highest BCUT2D eigenvalue weighted by atomic mass is 19.1. The molecule has 0 bridgehead atoms. The zero-order chi connectivity index (χ0) is 14.3. The van der Waals surface area contributed by atoms with E-state index in [1.807, 2.05) is 0 Å². The van der Waals surface area contributed by atoms with Gasteiger partial charge in [0.15, 0.2) is 0 Å². The van der Waals surface area contributed by atoms with Crippen molar-refractivity contribution < 1.29 is 19.0 Å². The van der Waals surface area contributed by atoms with Crippen LogP contribution in [0.15, 0.2) is 24.4 Å². The van der Waals surface area contributed by atoms with Gasteiger partial charge < -0.3 is 9.84 Å². The highest BCUT2D eigenvalue weighted by Crippen LogP contribution is 2.29. The lowest BCUT2D eigenvalue weighted by atomic mass is 10.1. The molecule has 1 aromatic heterocycles. The summed E-state index contributed by atoms with van der Waals surface area (Å²) in [5, 5.41) is 13.1. The van der Waals surface area contributed by atoms with Gasteiger partial charge in [-0.25, -0.2) is 9.18 Å². The molecule has 6 heteroatoms. The molecule has 0 aliphatic carbocycles. The summed E-state index contributed by atoms with van der Waals surface area (Å²) in [5.74, 6) is -0.596. The summed E-state index contributed by atoms with van der Waals surface area (Å²) in [6.45, 7) is 2.09. The molecule has 1 aliphatic heterocycles. The lowest BCUT2D eigenvalue weighted by Gasteiger charge is -2.10. The van der Waals surface area contributed by atoms with E-state index < -0.39 is 5.97 Å². The summed E-state index contributed by atoms with van der Waals surface area (Å²) in [4.78, 5) is 11.0. The molecule has 0 saturated heterocycles. The number of halogens is 1. The Hall–Kier alpha value is -2.37. The van der Waals surface area contributed by atoms with E-state index in [1.54, 1.807) is 17.7 Å². The number of nitrogens with zero attached hydrogens (tertiary/aromatic N) is 2. The second-order valence-electron chi connectivity index (χ2n) is 4.85. The summed E-state index contributed by atoms with van der Waals surface area (Å²) >= 11 is 0. The maximum Gasteiger partial charge on any atom is 0.339 e. The minimum absolute atomic E-state index is 0.159. The van der Waals surface area contributed by atoms with Gasteiger partial charge in [-0.1, -0.05) is 0 Å². The standard InChI is InChI=1S/C14H13FN2O3/c1-8-12(14(18)19)7-17(16-8)6-11-5-9-4-10(15)2-3-13(9)20-11/h2-4,7,11H,5-6H2,1H3,(H,18,19). The SMILES string of the molecule is Cc1nn(CC2Cc3cc(F)ccc3O2)cc1C(=O)O. The van der Waals surface area contributed by atoms with Crippen molar-refractivity contribution in [1.29, 1.82) is 0 Å². The van der Waals surface area contributed by atoms with E-state index in [0.29, 0.717) is 24.4 Å². The smallest absolute Gasteiger partial charge is 0.339 e. The highest BCUT2D eigenvalue weighted by Gasteiger charge is 2.24. The number of benzene rings is 1. The molecule has 1 aromatic carbocycles. The van der Waals surface area contributed by atoms with Crippen molar-refractivity contribution in [2.24, 2.45) is 0 Å². The molecule has 0 spiro atoms. The molecule has 20 heavy (non-hydrogen) atoms. The lowest BCUT2D eigenvalue weighted by Crippen LogP contribution is -2.21. The van der Waals surface area contributed by atoms with Crippen LogP contribution in [0.25, 0.3) is 0 Å². The molecule has 0 saturated carbocycles. The number of fused-ring (bicyclic) bond motifs is 1. The number of aromatic carboxylic acids is 1. The van der Waals surface area contributed by atoms with Crippen LogP contribution in [0.4, 0.5) is 4.39 Å². The fraction of sp³-hybridized carbons (Fsp3) is 0.286. The zero-order valence-electron chi connectivity index (χ0n) is 10.8. The van der Waals surface area contributed by atoms with E-state index in [9.17, 15) is 9.18 Å². The molecule has 1 aliphatic rings. The lowest BCUT2D eigenvalue weighted by molar-refractivity contribution is 0.0696. The van der Waals surface area contributed by atoms with Crippen LogP contribution in [-0.4, -0.2) is 27.0 Å². The fourth-order valence-electron chi connectivity index (χ4n) is 2.42. The van der Waals surface area contributed by atoms with Gasteiger partial charge in [-0.15, -0.1) is 0 Å². The Morgan fingerprint density at radius 1 is 1.60 bits per heavy atom. The molecule has 104 valence electrons. The van der Waals surface area contributed by atoms with Crippen LogP contribution >= 0.6 is 0 Å². The highest BCUT2D eigenvalue weighted by molar-refractivity contribution is 5.88. The average molecular weight is 276 g/mol. The van der Waals surface area contributed by atoms with Crippen molar-refractivity contribution in [2.75, 3.05) is 0 Å². The van der Waals surface area contributed by atoms with E-state index in [4.69, 9.17) is 9.84 Å². The summed E-state index contributed by atoms with van der Waals surface area (Å²) in [6.07, 6.45) is 1.92. The van der Waals surface area contributed by atoms with Crippen LogP contribution in [0.3, 0.4) is 0 Å². The topological polar surface area (TPSA) is 64.4 Å².